The molecule has 1 amide bonds. The lowest BCUT2D eigenvalue weighted by Crippen LogP contribution is -2.26. The lowest BCUT2D eigenvalue weighted by molar-refractivity contribution is -0.120. The molecule has 2 heterocycles. The second-order valence-electron chi connectivity index (χ2n) is 6.59. The minimum Gasteiger partial charge on any atom is -0.496 e. The van der Waals surface area contributed by atoms with Crippen LogP contribution < -0.4 is 10.1 Å². The number of methoxy groups -OCH3 is 1. The molecular weight excluding hydrogens is 330 g/mol. The predicted octanol–water partition coefficient (Wildman–Crippen LogP) is 2.55. The molecule has 0 aliphatic carbocycles. The van der Waals surface area contributed by atoms with Gasteiger partial charge in [-0.25, -0.2) is 9.97 Å². The number of hydrogen-bond acceptors (Lipinski definition) is 5. The van der Waals surface area contributed by atoms with E-state index in [9.17, 15) is 4.79 Å². The summed E-state index contributed by atoms with van der Waals surface area (Å²) in [5.41, 5.74) is 2.79. The van der Waals surface area contributed by atoms with Gasteiger partial charge in [0, 0.05) is 24.3 Å². The summed E-state index contributed by atoms with van der Waals surface area (Å²) in [6, 6.07) is 7.67. The van der Waals surface area contributed by atoms with Crippen LogP contribution in [-0.2, 0) is 22.5 Å². The highest BCUT2D eigenvalue weighted by atomic mass is 16.5. The van der Waals surface area contributed by atoms with Crippen LogP contribution in [0, 0.1) is 6.92 Å². The zero-order valence-electron chi connectivity index (χ0n) is 15.3. The lowest BCUT2D eigenvalue weighted by atomic mass is 10.0. The standard InChI is InChI=1S/C20H25N3O3/c1-14-5-6-18(25-2)16(10-14)11-19(24)22-12-17-7-8-21-20(23-17)15-4-3-9-26-13-15/h5-8,10,15H,3-4,9,11-13H2,1-2H3,(H,22,24)/t15-/m0/s1. The smallest absolute Gasteiger partial charge is 0.224 e. The van der Waals surface area contributed by atoms with E-state index >= 15 is 0 Å². The van der Waals surface area contributed by atoms with Crippen LogP contribution in [0.5, 0.6) is 5.75 Å². The van der Waals surface area contributed by atoms with Gasteiger partial charge in [0.15, 0.2) is 0 Å². The van der Waals surface area contributed by atoms with E-state index < -0.39 is 0 Å². The molecule has 6 nitrogen and oxygen atoms in total. The van der Waals surface area contributed by atoms with Crippen LogP contribution in [0.4, 0.5) is 0 Å². The molecule has 0 unspecified atom stereocenters. The van der Waals surface area contributed by atoms with Gasteiger partial charge in [-0.2, -0.15) is 0 Å². The van der Waals surface area contributed by atoms with Crippen molar-refractivity contribution in [3.05, 3.63) is 53.1 Å². The Morgan fingerprint density at radius 3 is 3.04 bits per heavy atom. The Balaban J connectivity index is 1.58. The number of nitrogens with one attached hydrogen (secondary N) is 1. The molecule has 1 fully saturated rings. The first-order chi connectivity index (χ1) is 12.7. The number of benzene rings is 1. The van der Waals surface area contributed by atoms with E-state index in [1.54, 1.807) is 13.3 Å². The van der Waals surface area contributed by atoms with Crippen molar-refractivity contribution in [2.75, 3.05) is 20.3 Å². The summed E-state index contributed by atoms with van der Waals surface area (Å²) in [7, 11) is 1.61. The topological polar surface area (TPSA) is 73.3 Å². The Morgan fingerprint density at radius 2 is 2.27 bits per heavy atom. The third-order valence-corrected chi connectivity index (χ3v) is 4.51. The summed E-state index contributed by atoms with van der Waals surface area (Å²) in [4.78, 5) is 21.3. The Labute approximate surface area is 154 Å². The average molecular weight is 355 g/mol. The number of ether oxygens (including phenoxy) is 2. The van der Waals surface area contributed by atoms with Crippen LogP contribution in [-0.4, -0.2) is 36.2 Å². The van der Waals surface area contributed by atoms with E-state index in [0.29, 0.717) is 13.2 Å². The minimum atomic E-state index is -0.0601. The highest BCUT2D eigenvalue weighted by Crippen LogP contribution is 2.22. The van der Waals surface area contributed by atoms with Crippen molar-refractivity contribution in [2.45, 2.75) is 38.6 Å². The molecule has 1 aliphatic rings. The molecule has 1 aromatic carbocycles. The van der Waals surface area contributed by atoms with Crippen molar-refractivity contribution in [3.8, 4) is 5.75 Å². The summed E-state index contributed by atoms with van der Waals surface area (Å²) in [5.74, 6) is 1.72. The SMILES string of the molecule is COc1ccc(C)cc1CC(=O)NCc1ccnc([C@H]2CCCOC2)n1. The first-order valence-electron chi connectivity index (χ1n) is 8.95. The highest BCUT2D eigenvalue weighted by molar-refractivity contribution is 5.79. The molecule has 1 aliphatic heterocycles. The zero-order valence-corrected chi connectivity index (χ0v) is 15.3. The third-order valence-electron chi connectivity index (χ3n) is 4.51. The van der Waals surface area contributed by atoms with Gasteiger partial charge in [-0.15, -0.1) is 0 Å². The molecule has 1 N–H and O–H groups in total. The van der Waals surface area contributed by atoms with Gasteiger partial charge in [-0.05, 0) is 31.9 Å². The molecule has 2 aromatic rings. The molecule has 0 spiro atoms. The van der Waals surface area contributed by atoms with E-state index in [-0.39, 0.29) is 18.2 Å². The number of aryl methyl sites for hydroxylation is 1. The number of rotatable bonds is 6. The number of amides is 1. The zero-order chi connectivity index (χ0) is 18.4. The number of carbonyl (C=O) groups is 1. The molecule has 26 heavy (non-hydrogen) atoms. The van der Waals surface area contributed by atoms with Gasteiger partial charge in [0.25, 0.3) is 0 Å². The van der Waals surface area contributed by atoms with Gasteiger partial charge in [0.2, 0.25) is 5.91 Å². The van der Waals surface area contributed by atoms with Crippen LogP contribution in [0.15, 0.2) is 30.5 Å². The first-order valence-corrected chi connectivity index (χ1v) is 8.95. The lowest BCUT2D eigenvalue weighted by Gasteiger charge is -2.20. The molecule has 0 saturated carbocycles. The molecule has 1 saturated heterocycles. The maximum absolute atomic E-state index is 12.3. The Bertz CT molecular complexity index is 758. The van der Waals surface area contributed by atoms with Crippen molar-refractivity contribution in [1.82, 2.24) is 15.3 Å². The Morgan fingerprint density at radius 1 is 1.38 bits per heavy atom. The quantitative estimate of drug-likeness (QED) is 0.862. The van der Waals surface area contributed by atoms with Gasteiger partial charge in [0.05, 0.1) is 32.4 Å². The molecule has 1 aromatic heterocycles. The summed E-state index contributed by atoms with van der Waals surface area (Å²) in [6.07, 6.45) is 4.11. The summed E-state index contributed by atoms with van der Waals surface area (Å²) < 4.78 is 10.8. The van der Waals surface area contributed by atoms with E-state index in [4.69, 9.17) is 9.47 Å². The van der Waals surface area contributed by atoms with Gasteiger partial charge in [-0.1, -0.05) is 17.7 Å². The summed E-state index contributed by atoms with van der Waals surface area (Å²) in [5, 5.41) is 2.93. The van der Waals surface area contributed by atoms with Crippen LogP contribution in [0.2, 0.25) is 0 Å². The van der Waals surface area contributed by atoms with Gasteiger partial charge in [0.1, 0.15) is 11.6 Å². The van der Waals surface area contributed by atoms with E-state index in [2.05, 4.69) is 15.3 Å². The maximum Gasteiger partial charge on any atom is 0.224 e. The fourth-order valence-electron chi connectivity index (χ4n) is 3.12. The number of nitrogens with zero attached hydrogens (tertiary/aromatic N) is 2. The van der Waals surface area contributed by atoms with Crippen LogP contribution >= 0.6 is 0 Å². The first kappa shape index (κ1) is 18.3. The van der Waals surface area contributed by atoms with Crippen molar-refractivity contribution in [2.24, 2.45) is 0 Å². The fourth-order valence-corrected chi connectivity index (χ4v) is 3.12. The van der Waals surface area contributed by atoms with Crippen LogP contribution in [0.25, 0.3) is 0 Å². The number of carbonyl (C=O) groups excluding carboxylic acids is 1. The minimum absolute atomic E-state index is 0.0601. The predicted molar refractivity (Wildman–Crippen MR) is 98.1 cm³/mol. The molecule has 0 bridgehead atoms. The van der Waals surface area contributed by atoms with Crippen molar-refractivity contribution < 1.29 is 14.3 Å². The van der Waals surface area contributed by atoms with Gasteiger partial charge in [-0.3, -0.25) is 4.79 Å². The van der Waals surface area contributed by atoms with Crippen LogP contribution in [0.3, 0.4) is 0 Å². The Kier molecular flexibility index (Phi) is 6.17. The second-order valence-corrected chi connectivity index (χ2v) is 6.59. The second kappa shape index (κ2) is 8.76. The molecule has 6 heteroatoms. The van der Waals surface area contributed by atoms with E-state index in [1.165, 1.54) is 0 Å². The molecule has 3 rings (SSSR count). The fraction of sp³-hybridized carbons (Fsp3) is 0.450. The molecule has 1 atom stereocenters. The van der Waals surface area contributed by atoms with Gasteiger partial charge < -0.3 is 14.8 Å². The van der Waals surface area contributed by atoms with Crippen LogP contribution in [0.1, 0.15) is 41.4 Å². The van der Waals surface area contributed by atoms with Crippen molar-refractivity contribution >= 4 is 5.91 Å². The average Bonchev–Trinajstić information content (AvgIpc) is 2.67. The third kappa shape index (κ3) is 4.79. The molecular formula is C20H25N3O3. The van der Waals surface area contributed by atoms with Crippen molar-refractivity contribution in [3.63, 3.8) is 0 Å². The van der Waals surface area contributed by atoms with E-state index in [1.807, 2.05) is 31.2 Å². The molecule has 138 valence electrons. The van der Waals surface area contributed by atoms with Gasteiger partial charge >= 0.3 is 0 Å². The number of hydrogen-bond donors (Lipinski definition) is 1. The Hall–Kier alpha value is -2.47. The number of aromatic nitrogens is 2. The van der Waals surface area contributed by atoms with Crippen molar-refractivity contribution in [1.29, 1.82) is 0 Å². The normalized spacial score (nSPS) is 16.9. The molecule has 0 radical (unpaired) electrons. The highest BCUT2D eigenvalue weighted by Gasteiger charge is 2.19. The largest absolute Gasteiger partial charge is 0.496 e. The summed E-state index contributed by atoms with van der Waals surface area (Å²) >= 11 is 0. The summed E-state index contributed by atoms with van der Waals surface area (Å²) in [6.45, 7) is 3.87. The monoisotopic (exact) mass is 355 g/mol. The van der Waals surface area contributed by atoms with E-state index in [0.717, 1.165) is 47.8 Å². The maximum atomic E-state index is 12.3.